The first-order chi connectivity index (χ1) is 7.19. The lowest BCUT2D eigenvalue weighted by molar-refractivity contribution is 0.116. The number of nitrogens with two attached hydrogens (primary N) is 1. The van der Waals surface area contributed by atoms with Crippen LogP contribution in [0.25, 0.3) is 0 Å². The highest BCUT2D eigenvalue weighted by molar-refractivity contribution is 5.41. The van der Waals surface area contributed by atoms with Crippen molar-refractivity contribution in [2.24, 2.45) is 0 Å². The van der Waals surface area contributed by atoms with Gasteiger partial charge < -0.3 is 10.5 Å². The fraction of sp³-hybridized carbons (Fsp3) is 0.636. The van der Waals surface area contributed by atoms with Gasteiger partial charge >= 0.3 is 0 Å². The third-order valence-electron chi connectivity index (χ3n) is 2.23. The Balaban J connectivity index is 2.75. The molecule has 1 heterocycles. The third kappa shape index (κ3) is 3.16. The number of hydrogen-bond acceptors (Lipinski definition) is 4. The first-order valence-corrected chi connectivity index (χ1v) is 5.38. The summed E-state index contributed by atoms with van der Waals surface area (Å²) in [5, 5.41) is 0. The summed E-state index contributed by atoms with van der Waals surface area (Å²) in [5.41, 5.74) is 7.83. The molecule has 0 aromatic carbocycles. The van der Waals surface area contributed by atoms with Crippen molar-refractivity contribution in [2.75, 3.05) is 12.3 Å². The van der Waals surface area contributed by atoms with E-state index in [-0.39, 0.29) is 0 Å². The predicted octanol–water partition coefficient (Wildman–Crippen LogP) is 1.86. The molecular formula is C11H19N3O. The van der Waals surface area contributed by atoms with Gasteiger partial charge in [-0.25, -0.2) is 9.97 Å². The van der Waals surface area contributed by atoms with Crippen molar-refractivity contribution >= 4 is 5.82 Å². The number of rotatable bonds is 5. The standard InChI is InChI=1S/C11H19N3O/c1-4-6-15-7-10-13-8(3)9(5-2)11(12)14-10/h4-7H2,1-3H3,(H2,12,13,14). The third-order valence-corrected chi connectivity index (χ3v) is 2.23. The molecule has 1 aromatic heterocycles. The Bertz CT molecular complexity index is 303. The Hall–Kier alpha value is -1.16. The average Bonchev–Trinajstić information content (AvgIpc) is 2.18. The monoisotopic (exact) mass is 209 g/mol. The van der Waals surface area contributed by atoms with Crippen LogP contribution in [0.1, 0.15) is 37.4 Å². The molecule has 0 aliphatic carbocycles. The minimum atomic E-state index is 0.447. The fourth-order valence-electron chi connectivity index (χ4n) is 1.49. The molecule has 0 amide bonds. The van der Waals surface area contributed by atoms with Crippen LogP contribution in [-0.2, 0) is 17.8 Å². The zero-order valence-corrected chi connectivity index (χ0v) is 9.71. The van der Waals surface area contributed by atoms with Crippen molar-refractivity contribution in [3.8, 4) is 0 Å². The summed E-state index contributed by atoms with van der Waals surface area (Å²) in [6, 6.07) is 0. The van der Waals surface area contributed by atoms with Gasteiger partial charge in [-0.3, -0.25) is 0 Å². The Kier molecular flexibility index (Phi) is 4.49. The van der Waals surface area contributed by atoms with Crippen molar-refractivity contribution < 1.29 is 4.74 Å². The van der Waals surface area contributed by atoms with Gasteiger partial charge in [-0.05, 0) is 19.8 Å². The van der Waals surface area contributed by atoms with E-state index in [1.807, 2.05) is 6.92 Å². The van der Waals surface area contributed by atoms with Crippen LogP contribution in [0, 0.1) is 6.92 Å². The normalized spacial score (nSPS) is 10.6. The second-order valence-corrected chi connectivity index (χ2v) is 3.50. The summed E-state index contributed by atoms with van der Waals surface area (Å²) in [6.07, 6.45) is 1.87. The van der Waals surface area contributed by atoms with Crippen LogP contribution in [0.15, 0.2) is 0 Å². The highest BCUT2D eigenvalue weighted by atomic mass is 16.5. The summed E-state index contributed by atoms with van der Waals surface area (Å²) in [6.45, 7) is 7.26. The van der Waals surface area contributed by atoms with Gasteiger partial charge in [0.1, 0.15) is 12.4 Å². The number of aromatic nitrogens is 2. The van der Waals surface area contributed by atoms with Crippen molar-refractivity contribution in [3.63, 3.8) is 0 Å². The number of hydrogen-bond donors (Lipinski definition) is 1. The topological polar surface area (TPSA) is 61.0 Å². The molecular weight excluding hydrogens is 190 g/mol. The van der Waals surface area contributed by atoms with Crippen LogP contribution in [0.3, 0.4) is 0 Å². The highest BCUT2D eigenvalue weighted by Crippen LogP contribution is 2.13. The molecule has 0 saturated heterocycles. The van der Waals surface area contributed by atoms with Crippen LogP contribution >= 0.6 is 0 Å². The van der Waals surface area contributed by atoms with Gasteiger partial charge in [-0.2, -0.15) is 0 Å². The lowest BCUT2D eigenvalue weighted by atomic mass is 10.2. The molecule has 0 radical (unpaired) electrons. The van der Waals surface area contributed by atoms with Crippen LogP contribution in [-0.4, -0.2) is 16.6 Å². The number of aryl methyl sites for hydroxylation is 1. The van der Waals surface area contributed by atoms with Crippen molar-refractivity contribution in [2.45, 2.75) is 40.2 Å². The smallest absolute Gasteiger partial charge is 0.156 e. The van der Waals surface area contributed by atoms with Crippen molar-refractivity contribution in [3.05, 3.63) is 17.1 Å². The van der Waals surface area contributed by atoms with Crippen LogP contribution < -0.4 is 5.73 Å². The van der Waals surface area contributed by atoms with E-state index < -0.39 is 0 Å². The highest BCUT2D eigenvalue weighted by Gasteiger charge is 2.07. The van der Waals surface area contributed by atoms with Crippen LogP contribution in [0.2, 0.25) is 0 Å². The molecule has 4 nitrogen and oxygen atoms in total. The lowest BCUT2D eigenvalue weighted by Crippen LogP contribution is -2.08. The molecule has 1 rings (SSSR count). The molecule has 1 aromatic rings. The number of ether oxygens (including phenoxy) is 1. The van der Waals surface area contributed by atoms with Gasteiger partial charge in [0, 0.05) is 17.9 Å². The maximum absolute atomic E-state index is 5.83. The summed E-state index contributed by atoms with van der Waals surface area (Å²) in [5.74, 6) is 1.26. The van der Waals surface area contributed by atoms with E-state index in [0.717, 1.165) is 30.7 Å². The molecule has 84 valence electrons. The van der Waals surface area contributed by atoms with Crippen LogP contribution in [0.5, 0.6) is 0 Å². The SMILES string of the molecule is CCCOCc1nc(C)c(CC)c(N)n1. The van der Waals surface area contributed by atoms with E-state index in [0.29, 0.717) is 18.2 Å². The Morgan fingerprint density at radius 2 is 2.00 bits per heavy atom. The summed E-state index contributed by atoms with van der Waals surface area (Å²) in [4.78, 5) is 8.58. The van der Waals surface area contributed by atoms with E-state index >= 15 is 0 Å². The van der Waals surface area contributed by atoms with E-state index in [1.165, 1.54) is 0 Å². The van der Waals surface area contributed by atoms with E-state index in [2.05, 4.69) is 23.8 Å². The molecule has 0 aliphatic heterocycles. The molecule has 0 fully saturated rings. The molecule has 0 aliphatic rings. The second-order valence-electron chi connectivity index (χ2n) is 3.50. The van der Waals surface area contributed by atoms with Gasteiger partial charge in [0.15, 0.2) is 5.82 Å². The minimum absolute atomic E-state index is 0.447. The molecule has 0 bridgehead atoms. The molecule has 0 atom stereocenters. The zero-order chi connectivity index (χ0) is 11.3. The fourth-order valence-corrected chi connectivity index (χ4v) is 1.49. The Labute approximate surface area is 90.9 Å². The van der Waals surface area contributed by atoms with E-state index in [9.17, 15) is 0 Å². The maximum atomic E-state index is 5.83. The van der Waals surface area contributed by atoms with Gasteiger partial charge in [-0.1, -0.05) is 13.8 Å². The zero-order valence-electron chi connectivity index (χ0n) is 9.71. The summed E-state index contributed by atoms with van der Waals surface area (Å²) in [7, 11) is 0. The molecule has 0 saturated carbocycles. The largest absolute Gasteiger partial charge is 0.383 e. The molecule has 0 unspecified atom stereocenters. The van der Waals surface area contributed by atoms with Crippen LogP contribution in [0.4, 0.5) is 5.82 Å². The minimum Gasteiger partial charge on any atom is -0.383 e. The molecule has 0 spiro atoms. The Morgan fingerprint density at radius 1 is 1.27 bits per heavy atom. The predicted molar refractivity (Wildman–Crippen MR) is 60.5 cm³/mol. The summed E-state index contributed by atoms with van der Waals surface area (Å²) >= 11 is 0. The van der Waals surface area contributed by atoms with Crippen molar-refractivity contribution in [1.29, 1.82) is 0 Å². The molecule has 2 N–H and O–H groups in total. The quantitative estimate of drug-likeness (QED) is 0.752. The Morgan fingerprint density at radius 3 is 2.53 bits per heavy atom. The average molecular weight is 209 g/mol. The van der Waals surface area contributed by atoms with Gasteiger partial charge in [0.2, 0.25) is 0 Å². The molecule has 15 heavy (non-hydrogen) atoms. The number of nitrogens with zero attached hydrogens (tertiary/aromatic N) is 2. The van der Waals surface area contributed by atoms with E-state index in [4.69, 9.17) is 10.5 Å². The first kappa shape index (κ1) is 11.9. The number of nitrogen functional groups attached to an aromatic ring is 1. The maximum Gasteiger partial charge on any atom is 0.156 e. The van der Waals surface area contributed by atoms with E-state index in [1.54, 1.807) is 0 Å². The lowest BCUT2D eigenvalue weighted by Gasteiger charge is -2.08. The van der Waals surface area contributed by atoms with Gasteiger partial charge in [0.05, 0.1) is 0 Å². The van der Waals surface area contributed by atoms with Crippen molar-refractivity contribution in [1.82, 2.24) is 9.97 Å². The summed E-state index contributed by atoms with van der Waals surface area (Å²) < 4.78 is 5.37. The van der Waals surface area contributed by atoms with Gasteiger partial charge in [0.25, 0.3) is 0 Å². The van der Waals surface area contributed by atoms with Gasteiger partial charge in [-0.15, -0.1) is 0 Å². The second kappa shape index (κ2) is 5.66. The molecule has 4 heteroatoms. The number of anilines is 1. The first-order valence-electron chi connectivity index (χ1n) is 5.38.